The molecule has 0 bridgehead atoms. The monoisotopic (exact) mass is 262 g/mol. The maximum atomic E-state index is 11.8. The molecule has 15 heavy (non-hydrogen) atoms. The molecule has 0 aliphatic carbocycles. The quantitative estimate of drug-likeness (QED) is 0.685. The maximum Gasteiger partial charge on any atom is 0.262 e. The van der Waals surface area contributed by atoms with Crippen molar-refractivity contribution in [2.24, 2.45) is 7.05 Å². The van der Waals surface area contributed by atoms with Gasteiger partial charge < -0.3 is 0 Å². The lowest BCUT2D eigenvalue weighted by molar-refractivity contribution is 0.844. The van der Waals surface area contributed by atoms with E-state index in [1.54, 1.807) is 0 Å². The summed E-state index contributed by atoms with van der Waals surface area (Å²) in [4.78, 5) is 15.8. The molecule has 1 heterocycles. The van der Waals surface area contributed by atoms with Crippen molar-refractivity contribution in [1.82, 2.24) is 9.55 Å². The van der Waals surface area contributed by atoms with Gasteiger partial charge in [0.1, 0.15) is 0 Å². The lowest BCUT2D eigenvalue weighted by Crippen LogP contribution is -2.18. The Morgan fingerprint density at radius 3 is 2.60 bits per heavy atom. The summed E-state index contributed by atoms with van der Waals surface area (Å²) >= 11 is 17.5. The van der Waals surface area contributed by atoms with Crippen LogP contribution in [0.1, 0.15) is 0 Å². The Kier molecular flexibility index (Phi) is 2.63. The highest BCUT2D eigenvalue weighted by molar-refractivity contribution is 6.38. The van der Waals surface area contributed by atoms with Gasteiger partial charge in [0.05, 0.1) is 15.9 Å². The van der Waals surface area contributed by atoms with E-state index >= 15 is 0 Å². The maximum absolute atomic E-state index is 11.8. The third kappa shape index (κ3) is 1.71. The van der Waals surface area contributed by atoms with Crippen LogP contribution in [0.2, 0.25) is 15.3 Å². The van der Waals surface area contributed by atoms with Crippen LogP contribution in [0.4, 0.5) is 0 Å². The van der Waals surface area contributed by atoms with Gasteiger partial charge in [-0.15, -0.1) is 0 Å². The Hall–Kier alpha value is -0.770. The van der Waals surface area contributed by atoms with E-state index in [-0.39, 0.29) is 10.8 Å². The van der Waals surface area contributed by atoms with E-state index in [0.717, 1.165) is 0 Å². The molecular formula is C9H5Cl3N2O. The first-order valence-electron chi connectivity index (χ1n) is 4.02. The molecule has 1 aromatic carbocycles. The molecule has 3 nitrogen and oxygen atoms in total. The Morgan fingerprint density at radius 1 is 1.27 bits per heavy atom. The Bertz CT molecular complexity index is 606. The number of rotatable bonds is 0. The predicted molar refractivity (Wildman–Crippen MR) is 62.0 cm³/mol. The molecule has 0 radical (unpaired) electrons. The van der Waals surface area contributed by atoms with Crippen molar-refractivity contribution in [3.63, 3.8) is 0 Å². The highest BCUT2D eigenvalue weighted by Crippen LogP contribution is 2.25. The standard InChI is InChI=1S/C9H5Cl3N2O/c1-14-8(15)5-2-4(10)3-6(11)7(5)13-9(14)12/h2-3H,1H3. The second-order valence-corrected chi connectivity index (χ2v) is 4.21. The van der Waals surface area contributed by atoms with E-state index in [1.807, 2.05) is 0 Å². The molecule has 0 spiro atoms. The smallest absolute Gasteiger partial charge is 0.262 e. The molecular weight excluding hydrogens is 258 g/mol. The highest BCUT2D eigenvalue weighted by atomic mass is 35.5. The molecule has 0 N–H and O–H groups in total. The van der Waals surface area contributed by atoms with Crippen molar-refractivity contribution in [1.29, 1.82) is 0 Å². The second kappa shape index (κ2) is 3.67. The van der Waals surface area contributed by atoms with Crippen LogP contribution in [0.3, 0.4) is 0 Å². The lowest BCUT2D eigenvalue weighted by atomic mass is 10.2. The first-order chi connectivity index (χ1) is 7.00. The van der Waals surface area contributed by atoms with Crippen molar-refractivity contribution in [3.05, 3.63) is 37.8 Å². The minimum atomic E-state index is -0.269. The van der Waals surface area contributed by atoms with Gasteiger partial charge in [-0.2, -0.15) is 0 Å². The third-order valence-electron chi connectivity index (χ3n) is 2.04. The zero-order chi connectivity index (χ0) is 11.2. The van der Waals surface area contributed by atoms with Crippen molar-refractivity contribution in [3.8, 4) is 0 Å². The molecule has 1 aromatic heterocycles. The molecule has 2 rings (SSSR count). The highest BCUT2D eigenvalue weighted by Gasteiger charge is 2.10. The van der Waals surface area contributed by atoms with Crippen LogP contribution < -0.4 is 5.56 Å². The zero-order valence-corrected chi connectivity index (χ0v) is 9.86. The van der Waals surface area contributed by atoms with Gasteiger partial charge in [-0.3, -0.25) is 9.36 Å². The number of hydrogen-bond acceptors (Lipinski definition) is 2. The number of nitrogens with zero attached hydrogens (tertiary/aromatic N) is 2. The van der Waals surface area contributed by atoms with E-state index in [4.69, 9.17) is 34.8 Å². The summed E-state index contributed by atoms with van der Waals surface area (Å²) in [6.07, 6.45) is 0. The van der Waals surface area contributed by atoms with Gasteiger partial charge in [0.2, 0.25) is 5.28 Å². The van der Waals surface area contributed by atoms with E-state index in [9.17, 15) is 4.79 Å². The van der Waals surface area contributed by atoms with E-state index in [1.165, 1.54) is 23.7 Å². The summed E-state index contributed by atoms with van der Waals surface area (Å²) in [6, 6.07) is 3.04. The average molecular weight is 264 g/mol. The van der Waals surface area contributed by atoms with Crippen molar-refractivity contribution < 1.29 is 0 Å². The normalized spacial score (nSPS) is 10.9. The SMILES string of the molecule is Cn1c(Cl)nc2c(Cl)cc(Cl)cc2c1=O. The lowest BCUT2D eigenvalue weighted by Gasteiger charge is -2.04. The first-order valence-corrected chi connectivity index (χ1v) is 5.15. The first kappa shape index (κ1) is 10.7. The Balaban J connectivity index is 3.06. The zero-order valence-electron chi connectivity index (χ0n) is 7.59. The summed E-state index contributed by atoms with van der Waals surface area (Å²) < 4.78 is 1.23. The molecule has 0 atom stereocenters. The van der Waals surface area contributed by atoms with Gasteiger partial charge in [-0.25, -0.2) is 4.98 Å². The molecule has 2 aromatic rings. The largest absolute Gasteiger partial charge is 0.286 e. The van der Waals surface area contributed by atoms with E-state index in [2.05, 4.69) is 4.98 Å². The molecule has 0 aliphatic rings. The van der Waals surface area contributed by atoms with Gasteiger partial charge in [-0.05, 0) is 23.7 Å². The van der Waals surface area contributed by atoms with Crippen LogP contribution in [-0.2, 0) is 7.05 Å². The molecule has 0 saturated heterocycles. The van der Waals surface area contributed by atoms with Gasteiger partial charge >= 0.3 is 0 Å². The average Bonchev–Trinajstić information content (AvgIpc) is 2.17. The van der Waals surface area contributed by atoms with Crippen molar-refractivity contribution >= 4 is 45.7 Å². The molecule has 0 aliphatic heterocycles. The Labute approximate surface area is 100 Å². The minimum Gasteiger partial charge on any atom is -0.286 e. The molecule has 78 valence electrons. The van der Waals surface area contributed by atoms with Gasteiger partial charge in [-0.1, -0.05) is 23.2 Å². The fraction of sp³-hybridized carbons (Fsp3) is 0.111. The molecule has 0 fully saturated rings. The summed E-state index contributed by atoms with van der Waals surface area (Å²) in [5.41, 5.74) is 0.101. The van der Waals surface area contributed by atoms with Gasteiger partial charge in [0.15, 0.2) is 0 Å². The Morgan fingerprint density at radius 2 is 1.93 bits per heavy atom. The number of halogens is 3. The number of fused-ring (bicyclic) bond motifs is 1. The van der Waals surface area contributed by atoms with Crippen LogP contribution in [0.15, 0.2) is 16.9 Å². The van der Waals surface area contributed by atoms with Gasteiger partial charge in [0.25, 0.3) is 5.56 Å². The minimum absolute atomic E-state index is 0.0942. The fourth-order valence-corrected chi connectivity index (χ4v) is 1.97. The van der Waals surface area contributed by atoms with Crippen LogP contribution in [-0.4, -0.2) is 9.55 Å². The fourth-order valence-electron chi connectivity index (χ4n) is 1.27. The summed E-state index contributed by atoms with van der Waals surface area (Å²) in [7, 11) is 1.53. The predicted octanol–water partition coefficient (Wildman–Crippen LogP) is 2.89. The van der Waals surface area contributed by atoms with Crippen molar-refractivity contribution in [2.75, 3.05) is 0 Å². The van der Waals surface area contributed by atoms with Crippen molar-refractivity contribution in [2.45, 2.75) is 0 Å². The second-order valence-electron chi connectivity index (χ2n) is 3.03. The summed E-state index contributed by atoms with van der Waals surface area (Å²) in [6.45, 7) is 0. The molecule has 0 saturated carbocycles. The molecule has 0 amide bonds. The van der Waals surface area contributed by atoms with E-state index in [0.29, 0.717) is 20.9 Å². The summed E-state index contributed by atoms with van der Waals surface area (Å²) in [5.74, 6) is 0. The number of hydrogen-bond donors (Lipinski definition) is 0. The van der Waals surface area contributed by atoms with Crippen LogP contribution in [0, 0.1) is 0 Å². The summed E-state index contributed by atoms with van der Waals surface area (Å²) in [5, 5.41) is 1.17. The van der Waals surface area contributed by atoms with Gasteiger partial charge in [0, 0.05) is 12.1 Å². The molecule has 6 heteroatoms. The van der Waals surface area contributed by atoms with Crippen LogP contribution in [0.5, 0.6) is 0 Å². The number of aromatic nitrogens is 2. The number of benzene rings is 1. The van der Waals surface area contributed by atoms with Crippen LogP contribution >= 0.6 is 34.8 Å². The topological polar surface area (TPSA) is 34.9 Å². The molecule has 0 unspecified atom stereocenters. The third-order valence-corrected chi connectivity index (χ3v) is 2.89. The van der Waals surface area contributed by atoms with E-state index < -0.39 is 0 Å². The van der Waals surface area contributed by atoms with Crippen LogP contribution in [0.25, 0.3) is 10.9 Å².